The standard InChI is InChI=1S/C21H23FN2O2.ClH/c1-15-5-7-16(8-6-15)20(25)9-10-21(26)24-12-11-23-14-19(24)17-3-2-4-18(22)13-17;/h2-8,13,19,23H,9-12,14H2,1H3;1H. The Bertz CT molecular complexity index is 795. The molecule has 0 spiro atoms. The highest BCUT2D eigenvalue weighted by Gasteiger charge is 2.28. The van der Waals surface area contributed by atoms with Gasteiger partial charge >= 0.3 is 0 Å². The number of nitrogens with one attached hydrogen (secondary N) is 1. The van der Waals surface area contributed by atoms with Gasteiger partial charge in [0.2, 0.25) is 5.91 Å². The topological polar surface area (TPSA) is 49.4 Å². The summed E-state index contributed by atoms with van der Waals surface area (Å²) in [5.41, 5.74) is 2.50. The fourth-order valence-electron chi connectivity index (χ4n) is 3.26. The fraction of sp³-hybridized carbons (Fsp3) is 0.333. The van der Waals surface area contributed by atoms with Gasteiger partial charge in [0.15, 0.2) is 5.78 Å². The number of benzene rings is 2. The Balaban J connectivity index is 0.00000261. The van der Waals surface area contributed by atoms with Crippen LogP contribution < -0.4 is 5.32 Å². The lowest BCUT2D eigenvalue weighted by atomic mass is 10.0. The molecule has 1 aliphatic rings. The normalized spacial score (nSPS) is 16.5. The third-order valence-corrected chi connectivity index (χ3v) is 4.74. The van der Waals surface area contributed by atoms with Crippen LogP contribution in [-0.4, -0.2) is 36.2 Å². The maximum Gasteiger partial charge on any atom is 0.223 e. The molecule has 6 heteroatoms. The Labute approximate surface area is 165 Å². The summed E-state index contributed by atoms with van der Waals surface area (Å²) in [6, 6.07) is 13.5. The fourth-order valence-corrected chi connectivity index (χ4v) is 3.26. The number of piperazine rings is 1. The summed E-state index contributed by atoms with van der Waals surface area (Å²) in [6.45, 7) is 3.80. The van der Waals surface area contributed by atoms with Crippen LogP contribution in [-0.2, 0) is 4.79 Å². The van der Waals surface area contributed by atoms with Crippen molar-refractivity contribution in [3.63, 3.8) is 0 Å². The van der Waals surface area contributed by atoms with Crippen molar-refractivity contribution < 1.29 is 14.0 Å². The summed E-state index contributed by atoms with van der Waals surface area (Å²) < 4.78 is 13.6. The highest BCUT2D eigenvalue weighted by molar-refractivity contribution is 5.98. The molecule has 1 N–H and O–H groups in total. The van der Waals surface area contributed by atoms with Gasteiger partial charge in [0.25, 0.3) is 0 Å². The van der Waals surface area contributed by atoms with E-state index < -0.39 is 0 Å². The van der Waals surface area contributed by atoms with Gasteiger partial charge in [0.1, 0.15) is 5.82 Å². The van der Waals surface area contributed by atoms with E-state index in [9.17, 15) is 14.0 Å². The number of hydrogen-bond donors (Lipinski definition) is 1. The minimum atomic E-state index is -0.310. The average molecular weight is 391 g/mol. The zero-order valence-corrected chi connectivity index (χ0v) is 16.1. The molecule has 0 radical (unpaired) electrons. The Morgan fingerprint density at radius 3 is 2.59 bits per heavy atom. The highest BCUT2D eigenvalue weighted by atomic mass is 35.5. The minimum Gasteiger partial charge on any atom is -0.333 e. The first-order valence-corrected chi connectivity index (χ1v) is 8.90. The van der Waals surface area contributed by atoms with Gasteiger partial charge < -0.3 is 10.2 Å². The molecular formula is C21H24ClFN2O2. The number of hydrogen-bond acceptors (Lipinski definition) is 3. The van der Waals surface area contributed by atoms with Crippen LogP contribution in [0.1, 0.15) is 40.4 Å². The van der Waals surface area contributed by atoms with E-state index in [0.29, 0.717) is 25.2 Å². The first-order chi connectivity index (χ1) is 12.5. The molecule has 144 valence electrons. The number of aryl methyl sites for hydroxylation is 1. The number of nitrogens with zero attached hydrogens (tertiary/aromatic N) is 1. The summed E-state index contributed by atoms with van der Waals surface area (Å²) >= 11 is 0. The molecular weight excluding hydrogens is 367 g/mol. The van der Waals surface area contributed by atoms with Gasteiger partial charge in [-0.05, 0) is 24.6 Å². The van der Waals surface area contributed by atoms with Crippen molar-refractivity contribution in [2.45, 2.75) is 25.8 Å². The zero-order chi connectivity index (χ0) is 18.5. The van der Waals surface area contributed by atoms with Crippen LogP contribution in [0.2, 0.25) is 0 Å². The van der Waals surface area contributed by atoms with E-state index in [2.05, 4.69) is 5.32 Å². The predicted molar refractivity (Wildman–Crippen MR) is 106 cm³/mol. The van der Waals surface area contributed by atoms with Crippen LogP contribution in [0.25, 0.3) is 0 Å². The van der Waals surface area contributed by atoms with Crippen LogP contribution in [0.5, 0.6) is 0 Å². The van der Waals surface area contributed by atoms with E-state index in [1.165, 1.54) is 12.1 Å². The summed E-state index contributed by atoms with van der Waals surface area (Å²) in [7, 11) is 0. The SMILES string of the molecule is Cc1ccc(C(=O)CCC(=O)N2CCNCC2c2cccc(F)c2)cc1.Cl. The Kier molecular flexibility index (Phi) is 7.51. The van der Waals surface area contributed by atoms with Crippen molar-refractivity contribution in [3.05, 3.63) is 71.0 Å². The van der Waals surface area contributed by atoms with Crippen molar-refractivity contribution in [1.82, 2.24) is 10.2 Å². The predicted octanol–water partition coefficient (Wildman–Crippen LogP) is 3.69. The summed E-state index contributed by atoms with van der Waals surface area (Å²) in [5.74, 6) is -0.410. The monoisotopic (exact) mass is 390 g/mol. The van der Waals surface area contributed by atoms with Crippen LogP contribution in [0.3, 0.4) is 0 Å². The minimum absolute atomic E-state index is 0. The lowest BCUT2D eigenvalue weighted by molar-refractivity contribution is -0.134. The van der Waals surface area contributed by atoms with Crippen molar-refractivity contribution in [2.75, 3.05) is 19.6 Å². The molecule has 1 atom stereocenters. The Hall–Kier alpha value is -2.24. The number of ketones is 1. The molecule has 27 heavy (non-hydrogen) atoms. The van der Waals surface area contributed by atoms with Gasteiger partial charge in [0.05, 0.1) is 6.04 Å². The van der Waals surface area contributed by atoms with Crippen LogP contribution in [0, 0.1) is 12.7 Å². The van der Waals surface area contributed by atoms with Crippen molar-refractivity contribution >= 4 is 24.1 Å². The van der Waals surface area contributed by atoms with Crippen LogP contribution >= 0.6 is 12.4 Å². The lowest BCUT2D eigenvalue weighted by Crippen LogP contribution is -2.48. The molecule has 2 aromatic carbocycles. The average Bonchev–Trinajstić information content (AvgIpc) is 2.66. The number of amides is 1. The third kappa shape index (κ3) is 5.37. The summed E-state index contributed by atoms with van der Waals surface area (Å²) in [6.07, 6.45) is 0.347. The molecule has 1 heterocycles. The molecule has 2 aromatic rings. The lowest BCUT2D eigenvalue weighted by Gasteiger charge is -2.36. The van der Waals surface area contributed by atoms with Crippen LogP contribution in [0.15, 0.2) is 48.5 Å². The van der Waals surface area contributed by atoms with E-state index in [1.807, 2.05) is 25.1 Å². The maximum atomic E-state index is 13.6. The van der Waals surface area contributed by atoms with Crippen molar-refractivity contribution in [3.8, 4) is 0 Å². The molecule has 1 saturated heterocycles. The Morgan fingerprint density at radius 1 is 1.15 bits per heavy atom. The largest absolute Gasteiger partial charge is 0.333 e. The second kappa shape index (κ2) is 9.62. The second-order valence-corrected chi connectivity index (χ2v) is 6.65. The van der Waals surface area contributed by atoms with E-state index >= 15 is 0 Å². The van der Waals surface area contributed by atoms with E-state index in [4.69, 9.17) is 0 Å². The molecule has 4 nitrogen and oxygen atoms in total. The van der Waals surface area contributed by atoms with Gasteiger partial charge in [0, 0.05) is 38.0 Å². The quantitative estimate of drug-likeness (QED) is 0.792. The van der Waals surface area contributed by atoms with Gasteiger partial charge in [-0.15, -0.1) is 12.4 Å². The number of Topliss-reactive ketones (excluding diaryl/α,β-unsaturated/α-hetero) is 1. The third-order valence-electron chi connectivity index (χ3n) is 4.74. The van der Waals surface area contributed by atoms with Gasteiger partial charge in [-0.2, -0.15) is 0 Å². The zero-order valence-electron chi connectivity index (χ0n) is 15.3. The number of rotatable bonds is 5. The van der Waals surface area contributed by atoms with E-state index in [0.717, 1.165) is 11.1 Å². The first kappa shape index (κ1) is 21.1. The van der Waals surface area contributed by atoms with Crippen LogP contribution in [0.4, 0.5) is 4.39 Å². The molecule has 0 saturated carbocycles. The number of carbonyl (C=O) groups excluding carboxylic acids is 2. The molecule has 1 unspecified atom stereocenters. The second-order valence-electron chi connectivity index (χ2n) is 6.65. The molecule has 0 aliphatic carbocycles. The summed E-state index contributed by atoms with van der Waals surface area (Å²) in [4.78, 5) is 26.8. The first-order valence-electron chi connectivity index (χ1n) is 8.90. The molecule has 0 bridgehead atoms. The molecule has 0 aromatic heterocycles. The molecule has 3 rings (SSSR count). The van der Waals surface area contributed by atoms with Crippen molar-refractivity contribution in [2.24, 2.45) is 0 Å². The molecule has 1 fully saturated rings. The molecule has 1 aliphatic heterocycles. The highest BCUT2D eigenvalue weighted by Crippen LogP contribution is 2.24. The smallest absolute Gasteiger partial charge is 0.223 e. The Morgan fingerprint density at radius 2 is 1.89 bits per heavy atom. The summed E-state index contributed by atoms with van der Waals surface area (Å²) in [5, 5.41) is 3.25. The van der Waals surface area contributed by atoms with Gasteiger partial charge in [-0.25, -0.2) is 4.39 Å². The van der Waals surface area contributed by atoms with Gasteiger partial charge in [-0.1, -0.05) is 42.0 Å². The molecule has 1 amide bonds. The van der Waals surface area contributed by atoms with Crippen molar-refractivity contribution in [1.29, 1.82) is 0 Å². The van der Waals surface area contributed by atoms with E-state index in [-0.39, 0.29) is 48.8 Å². The maximum absolute atomic E-state index is 13.6. The van der Waals surface area contributed by atoms with E-state index in [1.54, 1.807) is 23.1 Å². The number of carbonyl (C=O) groups is 2. The number of halogens is 2. The van der Waals surface area contributed by atoms with Gasteiger partial charge in [-0.3, -0.25) is 9.59 Å².